The van der Waals surface area contributed by atoms with Crippen LogP contribution in [0.15, 0.2) is 18.2 Å². The summed E-state index contributed by atoms with van der Waals surface area (Å²) in [4.78, 5) is 11.5. The number of anilines is 1. The molecule has 0 aliphatic heterocycles. The molecule has 1 aromatic rings. The number of hydrogen-bond acceptors (Lipinski definition) is 2. The van der Waals surface area contributed by atoms with Crippen molar-refractivity contribution in [2.24, 2.45) is 0 Å². The number of ether oxygens (including phenoxy) is 1. The average molecular weight is 296 g/mol. The maximum Gasteiger partial charge on any atom is 0.411 e. The summed E-state index contributed by atoms with van der Waals surface area (Å²) in [6.07, 6.45) is -4.51. The fourth-order valence-corrected chi connectivity index (χ4v) is 1.56. The van der Waals surface area contributed by atoms with E-state index in [0.29, 0.717) is 10.7 Å². The van der Waals surface area contributed by atoms with Gasteiger partial charge in [-0.05, 0) is 30.7 Å². The Balaban J connectivity index is 2.35. The first-order chi connectivity index (χ1) is 8.78. The first kappa shape index (κ1) is 15.8. The third-order valence-corrected chi connectivity index (χ3v) is 2.44. The Morgan fingerprint density at radius 3 is 2.68 bits per heavy atom. The Kier molecular flexibility index (Phi) is 5.62. The van der Waals surface area contributed by atoms with Crippen LogP contribution in [0.1, 0.15) is 12.0 Å². The molecule has 19 heavy (non-hydrogen) atoms. The first-order valence-electron chi connectivity index (χ1n) is 5.48. The number of amides is 1. The fourth-order valence-electron chi connectivity index (χ4n) is 1.33. The van der Waals surface area contributed by atoms with Crippen LogP contribution < -0.4 is 5.32 Å². The van der Waals surface area contributed by atoms with Crippen LogP contribution in [0.5, 0.6) is 0 Å². The maximum atomic E-state index is 11.8. The monoisotopic (exact) mass is 295 g/mol. The van der Waals surface area contributed by atoms with Crippen molar-refractivity contribution in [2.75, 3.05) is 18.5 Å². The van der Waals surface area contributed by atoms with Crippen molar-refractivity contribution < 1.29 is 22.7 Å². The lowest BCUT2D eigenvalue weighted by Crippen LogP contribution is -2.20. The molecule has 0 atom stereocenters. The third kappa shape index (κ3) is 6.45. The van der Waals surface area contributed by atoms with Crippen LogP contribution in [-0.2, 0) is 9.53 Å². The molecule has 0 aliphatic carbocycles. The van der Waals surface area contributed by atoms with Gasteiger partial charge in [-0.15, -0.1) is 0 Å². The molecule has 0 fully saturated rings. The molecular formula is C12H13ClF3NO2. The molecule has 0 saturated carbocycles. The highest BCUT2D eigenvalue weighted by molar-refractivity contribution is 6.30. The van der Waals surface area contributed by atoms with Gasteiger partial charge >= 0.3 is 6.18 Å². The highest BCUT2D eigenvalue weighted by Gasteiger charge is 2.27. The highest BCUT2D eigenvalue weighted by atomic mass is 35.5. The van der Waals surface area contributed by atoms with E-state index in [9.17, 15) is 18.0 Å². The van der Waals surface area contributed by atoms with Crippen LogP contribution in [0.25, 0.3) is 0 Å². The predicted molar refractivity (Wildman–Crippen MR) is 66.3 cm³/mol. The van der Waals surface area contributed by atoms with Crippen LogP contribution in [0.3, 0.4) is 0 Å². The fraction of sp³-hybridized carbons (Fsp3) is 0.417. The molecule has 1 aromatic carbocycles. The van der Waals surface area contributed by atoms with Crippen LogP contribution in [-0.4, -0.2) is 25.3 Å². The number of carbonyl (C=O) groups excluding carboxylic acids is 1. The maximum absolute atomic E-state index is 11.8. The molecule has 0 heterocycles. The number of carbonyl (C=O) groups is 1. The minimum absolute atomic E-state index is 0.141. The lowest BCUT2D eigenvalue weighted by molar-refractivity contribution is -0.174. The summed E-state index contributed by atoms with van der Waals surface area (Å²) in [6, 6.07) is 4.92. The number of rotatable bonds is 5. The van der Waals surface area contributed by atoms with Crippen LogP contribution in [0.4, 0.5) is 18.9 Å². The number of aryl methyl sites for hydroxylation is 1. The summed E-state index contributed by atoms with van der Waals surface area (Å²) >= 11 is 5.76. The molecule has 3 nitrogen and oxygen atoms in total. The Morgan fingerprint density at radius 1 is 1.42 bits per heavy atom. The molecule has 1 amide bonds. The van der Waals surface area contributed by atoms with Crippen molar-refractivity contribution in [1.82, 2.24) is 0 Å². The summed E-state index contributed by atoms with van der Waals surface area (Å²) in [6.45, 7) is 0.139. The molecule has 0 radical (unpaired) electrons. The summed E-state index contributed by atoms with van der Waals surface area (Å²) in [5.41, 5.74) is 1.35. The van der Waals surface area contributed by atoms with Gasteiger partial charge in [-0.2, -0.15) is 13.2 Å². The van der Waals surface area contributed by atoms with Crippen molar-refractivity contribution in [3.8, 4) is 0 Å². The molecule has 7 heteroatoms. The second-order valence-corrected chi connectivity index (χ2v) is 4.36. The summed E-state index contributed by atoms with van der Waals surface area (Å²) in [7, 11) is 0. The lowest BCUT2D eigenvalue weighted by atomic mass is 10.2. The molecule has 1 rings (SSSR count). The van der Waals surface area contributed by atoms with Gasteiger partial charge in [-0.25, -0.2) is 0 Å². The van der Waals surface area contributed by atoms with Crippen LogP contribution >= 0.6 is 11.6 Å². The lowest BCUT2D eigenvalue weighted by Gasteiger charge is -2.10. The second kappa shape index (κ2) is 6.77. The van der Waals surface area contributed by atoms with Crippen molar-refractivity contribution in [3.05, 3.63) is 28.8 Å². The van der Waals surface area contributed by atoms with Gasteiger partial charge in [0.2, 0.25) is 5.91 Å². The number of nitrogens with one attached hydrogen (secondary N) is 1. The largest absolute Gasteiger partial charge is 0.411 e. The Morgan fingerprint density at radius 2 is 2.11 bits per heavy atom. The van der Waals surface area contributed by atoms with Crippen molar-refractivity contribution in [2.45, 2.75) is 19.5 Å². The molecule has 1 N–H and O–H groups in total. The Bertz CT molecular complexity index is 449. The molecule has 106 valence electrons. The van der Waals surface area contributed by atoms with Gasteiger partial charge < -0.3 is 10.1 Å². The first-order valence-corrected chi connectivity index (χ1v) is 5.86. The van der Waals surface area contributed by atoms with E-state index in [4.69, 9.17) is 11.6 Å². The van der Waals surface area contributed by atoms with Gasteiger partial charge in [0.1, 0.15) is 6.61 Å². The number of halogens is 4. The van der Waals surface area contributed by atoms with Gasteiger partial charge in [0.05, 0.1) is 13.0 Å². The van der Waals surface area contributed by atoms with E-state index in [2.05, 4.69) is 10.1 Å². The minimum atomic E-state index is -4.37. The molecule has 0 bridgehead atoms. The van der Waals surface area contributed by atoms with E-state index in [1.165, 1.54) is 0 Å². The molecular weight excluding hydrogens is 283 g/mol. The minimum Gasteiger partial charge on any atom is -0.372 e. The predicted octanol–water partition coefficient (Wildman–Crippen LogP) is 3.56. The van der Waals surface area contributed by atoms with Crippen LogP contribution in [0, 0.1) is 6.92 Å². The SMILES string of the molecule is Cc1cc(Cl)ccc1NC(=O)CCOCC(F)(F)F. The zero-order valence-corrected chi connectivity index (χ0v) is 10.9. The Labute approximate surface area is 113 Å². The topological polar surface area (TPSA) is 38.3 Å². The third-order valence-electron chi connectivity index (χ3n) is 2.20. The van der Waals surface area contributed by atoms with Gasteiger partial charge in [-0.1, -0.05) is 11.6 Å². The van der Waals surface area contributed by atoms with E-state index in [0.717, 1.165) is 5.56 Å². The molecule has 0 spiro atoms. The average Bonchev–Trinajstić information content (AvgIpc) is 2.27. The number of alkyl halides is 3. The summed E-state index contributed by atoms with van der Waals surface area (Å²) in [5, 5.41) is 3.12. The summed E-state index contributed by atoms with van der Waals surface area (Å²) < 4.78 is 39.7. The van der Waals surface area contributed by atoms with E-state index >= 15 is 0 Å². The number of hydrogen-bond donors (Lipinski definition) is 1. The molecule has 0 aliphatic rings. The van der Waals surface area contributed by atoms with Crippen molar-refractivity contribution in [1.29, 1.82) is 0 Å². The Hall–Kier alpha value is -1.27. The van der Waals surface area contributed by atoms with Crippen LogP contribution in [0.2, 0.25) is 5.02 Å². The summed E-state index contributed by atoms with van der Waals surface area (Å²) in [5.74, 6) is -0.410. The molecule has 0 unspecified atom stereocenters. The van der Waals surface area contributed by atoms with E-state index in [1.54, 1.807) is 25.1 Å². The van der Waals surface area contributed by atoms with E-state index < -0.39 is 18.7 Å². The van der Waals surface area contributed by atoms with Gasteiger partial charge in [0.25, 0.3) is 0 Å². The smallest absolute Gasteiger partial charge is 0.372 e. The second-order valence-electron chi connectivity index (χ2n) is 3.93. The molecule has 0 saturated heterocycles. The van der Waals surface area contributed by atoms with Gasteiger partial charge in [0.15, 0.2) is 0 Å². The van der Waals surface area contributed by atoms with E-state index in [-0.39, 0.29) is 13.0 Å². The highest BCUT2D eigenvalue weighted by Crippen LogP contribution is 2.19. The van der Waals surface area contributed by atoms with Crippen molar-refractivity contribution in [3.63, 3.8) is 0 Å². The standard InChI is InChI=1S/C12H13ClF3NO2/c1-8-6-9(13)2-3-10(8)17-11(18)4-5-19-7-12(14,15)16/h2-3,6H,4-5,7H2,1H3,(H,17,18). The number of benzene rings is 1. The van der Waals surface area contributed by atoms with Crippen molar-refractivity contribution >= 4 is 23.2 Å². The quantitative estimate of drug-likeness (QED) is 0.844. The van der Waals surface area contributed by atoms with E-state index in [1.807, 2.05) is 0 Å². The zero-order chi connectivity index (χ0) is 14.5. The molecule has 0 aromatic heterocycles. The normalized spacial score (nSPS) is 11.4. The van der Waals surface area contributed by atoms with Gasteiger partial charge in [0, 0.05) is 10.7 Å². The zero-order valence-electron chi connectivity index (χ0n) is 10.2. The van der Waals surface area contributed by atoms with Gasteiger partial charge in [-0.3, -0.25) is 4.79 Å².